The van der Waals surface area contributed by atoms with Gasteiger partial charge in [0, 0.05) is 41.3 Å². The third-order valence-corrected chi connectivity index (χ3v) is 5.60. The third kappa shape index (κ3) is 5.17. The third-order valence-electron chi connectivity index (χ3n) is 5.60. The molecule has 1 aliphatic rings. The molecule has 172 valence electrons. The molecule has 0 atom stereocenters. The van der Waals surface area contributed by atoms with E-state index in [1.165, 1.54) is 13.1 Å². The van der Waals surface area contributed by atoms with Crippen molar-refractivity contribution in [2.45, 2.75) is 58.2 Å². The first-order valence-corrected chi connectivity index (χ1v) is 10.4. The fourth-order valence-electron chi connectivity index (χ4n) is 3.97. The van der Waals surface area contributed by atoms with Gasteiger partial charge in [-0.05, 0) is 32.8 Å². The number of carbonyl (C=O) groups excluding carboxylic acids is 1. The average Bonchev–Trinajstić information content (AvgIpc) is 3.23. The lowest BCUT2D eigenvalue weighted by Gasteiger charge is -2.30. The van der Waals surface area contributed by atoms with Crippen LogP contribution in [0.5, 0.6) is 0 Å². The van der Waals surface area contributed by atoms with Gasteiger partial charge >= 0.3 is 6.55 Å². The molecule has 3 rings (SSSR count). The van der Waals surface area contributed by atoms with Gasteiger partial charge in [0.25, 0.3) is 0 Å². The summed E-state index contributed by atoms with van der Waals surface area (Å²) >= 11 is 0. The van der Waals surface area contributed by atoms with Crippen LogP contribution >= 0.6 is 0 Å². The minimum atomic E-state index is -2.84. The largest absolute Gasteiger partial charge is 0.402 e. The van der Waals surface area contributed by atoms with E-state index in [0.717, 1.165) is 31.7 Å². The molecule has 1 aliphatic carbocycles. The second-order valence-corrected chi connectivity index (χ2v) is 8.16. The quantitative estimate of drug-likeness (QED) is 0.408. The zero-order chi connectivity index (χ0) is 23.5. The monoisotopic (exact) mass is 448 g/mol. The van der Waals surface area contributed by atoms with Crippen molar-refractivity contribution in [3.05, 3.63) is 47.2 Å². The van der Waals surface area contributed by atoms with Crippen molar-refractivity contribution in [2.75, 3.05) is 11.9 Å². The summed E-state index contributed by atoms with van der Waals surface area (Å²) in [5.41, 5.74) is 5.94. The Labute approximate surface area is 184 Å². The van der Waals surface area contributed by atoms with Gasteiger partial charge < -0.3 is 11.1 Å². The lowest BCUT2D eigenvalue weighted by molar-refractivity contribution is -0.111. The maximum absolute atomic E-state index is 15.2. The van der Waals surface area contributed by atoms with Crippen molar-refractivity contribution in [3.63, 3.8) is 0 Å². The number of hydrogen-bond donors (Lipinski definition) is 3. The van der Waals surface area contributed by atoms with E-state index in [1.807, 2.05) is 0 Å². The number of ketones is 1. The van der Waals surface area contributed by atoms with Gasteiger partial charge in [0.2, 0.25) is 0 Å². The number of rotatable bonds is 8. The van der Waals surface area contributed by atoms with Gasteiger partial charge in [0.15, 0.2) is 5.78 Å². The molecular weight excluding hydrogens is 421 g/mol. The van der Waals surface area contributed by atoms with Gasteiger partial charge in [-0.1, -0.05) is 19.3 Å². The van der Waals surface area contributed by atoms with Gasteiger partial charge in [-0.3, -0.25) is 15.2 Å². The number of halogens is 3. The van der Waals surface area contributed by atoms with E-state index in [4.69, 9.17) is 11.1 Å². The molecule has 0 spiro atoms. The maximum Gasteiger partial charge on any atom is 0.333 e. The van der Waals surface area contributed by atoms with E-state index in [9.17, 15) is 13.6 Å². The van der Waals surface area contributed by atoms with Gasteiger partial charge in [-0.15, -0.1) is 0 Å². The van der Waals surface area contributed by atoms with E-state index in [0.29, 0.717) is 34.5 Å². The fraction of sp³-hybridized carbons (Fsp3) is 0.455. The first-order chi connectivity index (χ1) is 15.1. The van der Waals surface area contributed by atoms with Crippen LogP contribution in [0.2, 0.25) is 0 Å². The molecule has 7 nitrogen and oxygen atoms in total. The van der Waals surface area contributed by atoms with Crippen LogP contribution in [0.1, 0.15) is 69.3 Å². The highest BCUT2D eigenvalue weighted by Gasteiger charge is 2.32. The topological polar surface area (TPSA) is 110 Å². The zero-order valence-corrected chi connectivity index (χ0v) is 18.1. The number of alkyl halides is 3. The second-order valence-electron chi connectivity index (χ2n) is 8.16. The summed E-state index contributed by atoms with van der Waals surface area (Å²) in [4.78, 5) is 16.4. The number of nitrogens with one attached hydrogen (secondary N) is 2. The molecule has 2 heterocycles. The lowest BCUT2D eigenvalue weighted by atomic mass is 9.86. The zero-order valence-electron chi connectivity index (χ0n) is 18.1. The summed E-state index contributed by atoms with van der Waals surface area (Å²) in [7, 11) is 0. The van der Waals surface area contributed by atoms with Crippen LogP contribution in [0.15, 0.2) is 30.4 Å². The van der Waals surface area contributed by atoms with E-state index < -0.39 is 12.2 Å². The summed E-state index contributed by atoms with van der Waals surface area (Å²) in [6, 6.07) is 1.59. The van der Waals surface area contributed by atoms with Gasteiger partial charge in [-0.25, -0.2) is 9.07 Å². The molecule has 10 heteroatoms. The van der Waals surface area contributed by atoms with Gasteiger partial charge in [-0.2, -0.15) is 13.9 Å². The highest BCUT2D eigenvalue weighted by Crippen LogP contribution is 2.33. The number of Topliss-reactive ketones (excluding diaryl/α,β-unsaturated/α-hetero) is 1. The van der Waals surface area contributed by atoms with Crippen molar-refractivity contribution in [1.29, 1.82) is 5.41 Å². The Kier molecular flexibility index (Phi) is 7.00. The van der Waals surface area contributed by atoms with Gasteiger partial charge in [0.05, 0.1) is 17.6 Å². The van der Waals surface area contributed by atoms with Crippen molar-refractivity contribution in [2.24, 2.45) is 5.73 Å². The summed E-state index contributed by atoms with van der Waals surface area (Å²) in [5, 5.41) is 15.1. The van der Waals surface area contributed by atoms with Crippen molar-refractivity contribution in [1.82, 2.24) is 14.8 Å². The smallest absolute Gasteiger partial charge is 0.333 e. The Hall–Kier alpha value is -3.17. The Bertz CT molecular complexity index is 1040. The molecule has 2 aromatic rings. The number of pyridine rings is 1. The Morgan fingerprint density at radius 1 is 1.25 bits per heavy atom. The Balaban J connectivity index is 1.99. The van der Waals surface area contributed by atoms with Crippen molar-refractivity contribution >= 4 is 22.8 Å². The predicted molar refractivity (Wildman–Crippen MR) is 117 cm³/mol. The molecule has 0 saturated heterocycles. The lowest BCUT2D eigenvalue weighted by Crippen LogP contribution is -2.34. The van der Waals surface area contributed by atoms with Crippen molar-refractivity contribution in [3.8, 4) is 0 Å². The second kappa shape index (κ2) is 9.54. The molecule has 0 aliphatic heterocycles. The summed E-state index contributed by atoms with van der Waals surface area (Å²) in [5.74, 6) is -0.256. The Morgan fingerprint density at radius 3 is 2.50 bits per heavy atom. The molecule has 2 aromatic heterocycles. The van der Waals surface area contributed by atoms with E-state index in [-0.39, 0.29) is 34.9 Å². The minimum Gasteiger partial charge on any atom is -0.402 e. The number of anilines is 1. The minimum absolute atomic E-state index is 0.00936. The predicted octanol–water partition coefficient (Wildman–Crippen LogP) is 4.45. The molecule has 0 unspecified atom stereocenters. The highest BCUT2D eigenvalue weighted by molar-refractivity contribution is 6.20. The number of allylic oxidation sites excluding steroid dienone is 2. The molecule has 32 heavy (non-hydrogen) atoms. The standard InChI is InChI=1S/C22H27F3N6O/c1-13(26)18(14(2)32)15-8-17(29-12-22(25)6-4-3-5-7-22)20(28-9-15)19(27)16-10-30-31(11-16)21(23)24/h8-11,21,27,29H,3-7,12,26H2,1-2H3. The fourth-order valence-corrected chi connectivity index (χ4v) is 3.97. The maximum atomic E-state index is 15.2. The highest BCUT2D eigenvalue weighted by atomic mass is 19.3. The SMILES string of the molecule is CC(=O)C(=C(C)N)c1cnc(C(=N)c2cnn(C(F)F)c2)c(NCC2(F)CCCCC2)c1. The normalized spacial score (nSPS) is 16.6. The van der Waals surface area contributed by atoms with E-state index >= 15 is 4.39 Å². The molecule has 1 saturated carbocycles. The van der Waals surface area contributed by atoms with Crippen LogP contribution in [0.3, 0.4) is 0 Å². The summed E-state index contributed by atoms with van der Waals surface area (Å²) in [6.07, 6.45) is 7.06. The molecular formula is C22H27F3N6O. The average molecular weight is 448 g/mol. The molecule has 0 bridgehead atoms. The van der Waals surface area contributed by atoms with Crippen LogP contribution in [0.4, 0.5) is 18.9 Å². The van der Waals surface area contributed by atoms with Gasteiger partial charge in [0.1, 0.15) is 11.4 Å². The number of hydrogen-bond acceptors (Lipinski definition) is 6. The van der Waals surface area contributed by atoms with Crippen LogP contribution in [0.25, 0.3) is 5.57 Å². The van der Waals surface area contributed by atoms with Crippen LogP contribution in [-0.2, 0) is 4.79 Å². The van der Waals surface area contributed by atoms with E-state index in [2.05, 4.69) is 15.4 Å². The van der Waals surface area contributed by atoms with Crippen molar-refractivity contribution < 1.29 is 18.0 Å². The Morgan fingerprint density at radius 2 is 1.94 bits per heavy atom. The molecule has 1 fully saturated rings. The number of nitrogens with two attached hydrogens (primary N) is 1. The number of nitrogens with zero attached hydrogens (tertiary/aromatic N) is 3. The summed E-state index contributed by atoms with van der Waals surface area (Å²) < 4.78 is 41.4. The molecule has 4 N–H and O–H groups in total. The first kappa shape index (κ1) is 23.5. The summed E-state index contributed by atoms with van der Waals surface area (Å²) in [6.45, 7) is 0.150. The van der Waals surface area contributed by atoms with E-state index in [1.54, 1.807) is 13.0 Å². The van der Waals surface area contributed by atoms with Crippen LogP contribution in [0, 0.1) is 5.41 Å². The van der Waals surface area contributed by atoms with Crippen LogP contribution < -0.4 is 11.1 Å². The molecule has 0 radical (unpaired) electrons. The molecule has 0 aromatic carbocycles. The van der Waals surface area contributed by atoms with Crippen LogP contribution in [-0.4, -0.2) is 38.5 Å². The first-order valence-electron chi connectivity index (χ1n) is 10.4. The molecule has 0 amide bonds. The number of carbonyl (C=O) groups is 1. The number of aromatic nitrogens is 3.